The first-order valence-corrected chi connectivity index (χ1v) is 10.0. The molecule has 0 fully saturated rings. The van der Waals surface area contributed by atoms with Crippen LogP contribution >= 0.6 is 0 Å². The molecule has 0 aliphatic heterocycles. The van der Waals surface area contributed by atoms with Crippen molar-refractivity contribution in [2.75, 3.05) is 11.3 Å². The van der Waals surface area contributed by atoms with Crippen LogP contribution in [0.1, 0.15) is 29.8 Å². The third-order valence-electron chi connectivity index (χ3n) is 3.88. The fraction of sp³-hybridized carbons (Fsp3) is 0.263. The number of hydrogen-bond donors (Lipinski definition) is 2. The van der Waals surface area contributed by atoms with Gasteiger partial charge in [0.15, 0.2) is 6.10 Å². The highest BCUT2D eigenvalue weighted by Crippen LogP contribution is 2.21. The summed E-state index contributed by atoms with van der Waals surface area (Å²) in [6, 6.07) is 9.27. The van der Waals surface area contributed by atoms with E-state index in [9.17, 15) is 22.4 Å². The lowest BCUT2D eigenvalue weighted by Crippen LogP contribution is -2.35. The van der Waals surface area contributed by atoms with Crippen molar-refractivity contribution < 1.29 is 27.1 Å². The van der Waals surface area contributed by atoms with Gasteiger partial charge in [-0.1, -0.05) is 6.07 Å². The van der Waals surface area contributed by atoms with Gasteiger partial charge >= 0.3 is 5.97 Å². The number of halogens is 1. The maximum Gasteiger partial charge on any atom is 0.338 e. The summed E-state index contributed by atoms with van der Waals surface area (Å²) in [7, 11) is -4.00. The van der Waals surface area contributed by atoms with Gasteiger partial charge in [-0.15, -0.1) is 0 Å². The lowest BCUT2D eigenvalue weighted by Gasteiger charge is -2.13. The zero-order valence-corrected chi connectivity index (χ0v) is 16.5. The first kappa shape index (κ1) is 21.4. The molecule has 0 spiro atoms. The molecule has 0 heterocycles. The van der Waals surface area contributed by atoms with Gasteiger partial charge in [0.2, 0.25) is 0 Å². The molecule has 1 atom stereocenters. The molecule has 28 heavy (non-hydrogen) atoms. The molecule has 150 valence electrons. The molecule has 2 aromatic rings. The number of sulfonamides is 1. The standard InChI is InChI=1S/C19H21FN2O5S/c1-4-21-18(23)13(3)27-19(24)14-8-10-15(11-9-14)22-28(25,26)17-7-5-6-16(20)12(17)2/h5-11,13,22H,4H2,1-3H3,(H,21,23)/t13-/m1/s1. The van der Waals surface area contributed by atoms with Crippen molar-refractivity contribution in [3.63, 3.8) is 0 Å². The van der Waals surface area contributed by atoms with Crippen molar-refractivity contribution in [1.82, 2.24) is 5.32 Å². The minimum Gasteiger partial charge on any atom is -0.449 e. The summed E-state index contributed by atoms with van der Waals surface area (Å²) in [6.07, 6.45) is -0.957. The molecule has 0 saturated heterocycles. The van der Waals surface area contributed by atoms with Gasteiger partial charge in [-0.2, -0.15) is 0 Å². The first-order valence-electron chi connectivity index (χ1n) is 8.52. The number of carbonyl (C=O) groups is 2. The van der Waals surface area contributed by atoms with Crippen LogP contribution in [-0.2, 0) is 19.6 Å². The second-order valence-electron chi connectivity index (χ2n) is 5.99. The third-order valence-corrected chi connectivity index (χ3v) is 5.41. The Morgan fingerprint density at radius 1 is 1.14 bits per heavy atom. The quantitative estimate of drug-likeness (QED) is 0.686. The van der Waals surface area contributed by atoms with Crippen LogP contribution in [0.2, 0.25) is 0 Å². The molecule has 1 amide bonds. The maximum absolute atomic E-state index is 13.6. The Bertz CT molecular complexity index is 974. The number of nitrogens with one attached hydrogen (secondary N) is 2. The van der Waals surface area contributed by atoms with E-state index in [-0.39, 0.29) is 21.7 Å². The average molecular weight is 408 g/mol. The highest BCUT2D eigenvalue weighted by molar-refractivity contribution is 7.92. The van der Waals surface area contributed by atoms with E-state index in [1.54, 1.807) is 6.92 Å². The molecule has 0 aromatic heterocycles. The molecule has 0 aliphatic rings. The second-order valence-corrected chi connectivity index (χ2v) is 7.64. The van der Waals surface area contributed by atoms with Crippen molar-refractivity contribution >= 4 is 27.6 Å². The second kappa shape index (κ2) is 8.83. The highest BCUT2D eigenvalue weighted by atomic mass is 32.2. The Kier molecular flexibility index (Phi) is 6.74. The molecular weight excluding hydrogens is 387 g/mol. The summed E-state index contributed by atoms with van der Waals surface area (Å²) in [5.74, 6) is -1.75. The largest absolute Gasteiger partial charge is 0.449 e. The molecule has 7 nitrogen and oxygen atoms in total. The molecule has 2 N–H and O–H groups in total. The van der Waals surface area contributed by atoms with Gasteiger partial charge in [0, 0.05) is 17.8 Å². The molecule has 0 radical (unpaired) electrons. The van der Waals surface area contributed by atoms with E-state index < -0.39 is 33.8 Å². The molecule has 0 bridgehead atoms. The van der Waals surface area contributed by atoms with Crippen LogP contribution in [0.5, 0.6) is 0 Å². The topological polar surface area (TPSA) is 102 Å². The number of rotatable bonds is 7. The summed E-state index contributed by atoms with van der Waals surface area (Å²) in [5.41, 5.74) is 0.354. The van der Waals surface area contributed by atoms with E-state index in [1.807, 2.05) is 0 Å². The number of likely N-dealkylation sites (N-methyl/N-ethyl adjacent to an activating group) is 1. The van der Waals surface area contributed by atoms with E-state index in [4.69, 9.17) is 4.74 Å². The van der Waals surface area contributed by atoms with Gasteiger partial charge in [-0.3, -0.25) is 9.52 Å². The van der Waals surface area contributed by atoms with Crippen LogP contribution < -0.4 is 10.0 Å². The summed E-state index contributed by atoms with van der Waals surface area (Å²) >= 11 is 0. The zero-order valence-electron chi connectivity index (χ0n) is 15.7. The van der Waals surface area contributed by atoms with E-state index in [2.05, 4.69) is 10.0 Å². The van der Waals surface area contributed by atoms with Gasteiger partial charge < -0.3 is 10.1 Å². The van der Waals surface area contributed by atoms with E-state index in [0.717, 1.165) is 0 Å². The Morgan fingerprint density at radius 2 is 1.79 bits per heavy atom. The van der Waals surface area contributed by atoms with Crippen LogP contribution in [0, 0.1) is 12.7 Å². The van der Waals surface area contributed by atoms with E-state index in [0.29, 0.717) is 6.54 Å². The van der Waals surface area contributed by atoms with Crippen molar-refractivity contribution in [2.24, 2.45) is 0 Å². The van der Waals surface area contributed by atoms with Crippen molar-refractivity contribution in [1.29, 1.82) is 0 Å². The Hall–Kier alpha value is -2.94. The summed E-state index contributed by atoms with van der Waals surface area (Å²) in [4.78, 5) is 23.5. The normalized spacial score (nSPS) is 12.1. The third kappa shape index (κ3) is 5.07. The number of carbonyl (C=O) groups excluding carboxylic acids is 2. The maximum atomic E-state index is 13.6. The van der Waals surface area contributed by atoms with Crippen LogP contribution in [0.25, 0.3) is 0 Å². The van der Waals surface area contributed by atoms with Crippen molar-refractivity contribution in [2.45, 2.75) is 31.8 Å². The highest BCUT2D eigenvalue weighted by Gasteiger charge is 2.20. The number of amides is 1. The van der Waals surface area contributed by atoms with Gasteiger partial charge in [0.05, 0.1) is 10.5 Å². The molecule has 2 rings (SSSR count). The lowest BCUT2D eigenvalue weighted by molar-refractivity contribution is -0.128. The number of benzene rings is 2. The Labute approximate surface area is 163 Å². The van der Waals surface area contributed by atoms with Crippen LogP contribution in [0.4, 0.5) is 10.1 Å². The number of esters is 1. The van der Waals surface area contributed by atoms with Crippen molar-refractivity contribution in [3.8, 4) is 0 Å². The number of ether oxygens (including phenoxy) is 1. The average Bonchev–Trinajstić information content (AvgIpc) is 2.64. The molecule has 0 unspecified atom stereocenters. The predicted molar refractivity (Wildman–Crippen MR) is 102 cm³/mol. The Balaban J connectivity index is 2.11. The molecule has 0 saturated carbocycles. The first-order chi connectivity index (χ1) is 13.2. The zero-order chi connectivity index (χ0) is 20.9. The number of anilines is 1. The minimum absolute atomic E-state index is 0.00883. The van der Waals surface area contributed by atoms with Gasteiger partial charge in [-0.05, 0) is 57.2 Å². The predicted octanol–water partition coefficient (Wildman–Crippen LogP) is 2.62. The van der Waals surface area contributed by atoms with Gasteiger partial charge in [-0.25, -0.2) is 17.6 Å². The van der Waals surface area contributed by atoms with E-state index >= 15 is 0 Å². The van der Waals surface area contributed by atoms with Gasteiger partial charge in [0.25, 0.3) is 15.9 Å². The molecule has 0 aliphatic carbocycles. The fourth-order valence-corrected chi connectivity index (χ4v) is 3.68. The summed E-state index contributed by atoms with van der Waals surface area (Å²) < 4.78 is 45.9. The van der Waals surface area contributed by atoms with Crippen LogP contribution in [-0.4, -0.2) is 32.9 Å². The Morgan fingerprint density at radius 3 is 2.39 bits per heavy atom. The molecule has 2 aromatic carbocycles. The van der Waals surface area contributed by atoms with Crippen molar-refractivity contribution in [3.05, 3.63) is 59.4 Å². The summed E-state index contributed by atoms with van der Waals surface area (Å²) in [6.45, 7) is 4.99. The summed E-state index contributed by atoms with van der Waals surface area (Å²) in [5, 5.41) is 2.54. The lowest BCUT2D eigenvalue weighted by atomic mass is 10.2. The molecule has 9 heteroatoms. The fourth-order valence-electron chi connectivity index (χ4n) is 2.36. The SMILES string of the molecule is CCNC(=O)[C@@H](C)OC(=O)c1ccc(NS(=O)(=O)c2cccc(F)c2C)cc1. The smallest absolute Gasteiger partial charge is 0.338 e. The monoisotopic (exact) mass is 408 g/mol. The van der Waals surface area contributed by atoms with Crippen LogP contribution in [0.15, 0.2) is 47.4 Å². The van der Waals surface area contributed by atoms with E-state index in [1.165, 1.54) is 56.3 Å². The number of hydrogen-bond acceptors (Lipinski definition) is 5. The van der Waals surface area contributed by atoms with Crippen LogP contribution in [0.3, 0.4) is 0 Å². The minimum atomic E-state index is -4.00. The molecular formula is C19H21FN2O5S. The van der Waals surface area contributed by atoms with Gasteiger partial charge in [0.1, 0.15) is 5.82 Å².